The minimum absolute atomic E-state index is 0. The second-order valence-electron chi connectivity index (χ2n) is 5.82. The third kappa shape index (κ3) is 4.02. The molecule has 138 valence electrons. The van der Waals surface area contributed by atoms with Gasteiger partial charge in [0.25, 0.3) is 11.5 Å². The molecule has 8 nitrogen and oxygen atoms in total. The largest absolute Gasteiger partial charge is 0.348 e. The van der Waals surface area contributed by atoms with Gasteiger partial charge in [0, 0.05) is 32.9 Å². The Morgan fingerprint density at radius 3 is 2.64 bits per heavy atom. The smallest absolute Gasteiger partial charge is 0.332 e. The fourth-order valence-corrected chi connectivity index (χ4v) is 2.83. The van der Waals surface area contributed by atoms with E-state index in [2.05, 4.69) is 15.6 Å². The summed E-state index contributed by atoms with van der Waals surface area (Å²) in [7, 11) is 2.95. The van der Waals surface area contributed by atoms with E-state index in [9.17, 15) is 14.4 Å². The highest BCUT2D eigenvalue weighted by Gasteiger charge is 2.18. The topological polar surface area (TPSA) is 98.0 Å². The van der Waals surface area contributed by atoms with Crippen LogP contribution >= 0.6 is 24.8 Å². The Hall–Kier alpha value is -1.90. The van der Waals surface area contributed by atoms with Crippen molar-refractivity contribution in [1.29, 1.82) is 0 Å². The first kappa shape index (κ1) is 21.1. The van der Waals surface area contributed by atoms with Crippen LogP contribution in [-0.4, -0.2) is 39.2 Å². The molecular weight excluding hydrogens is 369 g/mol. The summed E-state index contributed by atoms with van der Waals surface area (Å²) in [5.41, 5.74) is -0.308. The summed E-state index contributed by atoms with van der Waals surface area (Å²) < 4.78 is 2.31. The number of carbonyl (C=O) groups excluding carboxylic acids is 1. The molecule has 10 heteroatoms. The molecule has 25 heavy (non-hydrogen) atoms. The number of nitrogens with one attached hydrogen (secondary N) is 2. The van der Waals surface area contributed by atoms with Gasteiger partial charge in [-0.05, 0) is 25.5 Å². The molecule has 1 fully saturated rings. The summed E-state index contributed by atoms with van der Waals surface area (Å²) in [5, 5.41) is 6.42. The van der Waals surface area contributed by atoms with Gasteiger partial charge in [0.05, 0.1) is 10.9 Å². The molecule has 2 N–H and O–H groups in total. The zero-order valence-corrected chi connectivity index (χ0v) is 15.6. The number of hydrogen-bond donors (Lipinski definition) is 2. The zero-order valence-electron chi connectivity index (χ0n) is 13.9. The van der Waals surface area contributed by atoms with Crippen LogP contribution in [0.3, 0.4) is 0 Å². The van der Waals surface area contributed by atoms with E-state index >= 15 is 0 Å². The van der Waals surface area contributed by atoms with Crippen molar-refractivity contribution in [2.75, 3.05) is 13.1 Å². The Bertz CT molecular complexity index is 887. The van der Waals surface area contributed by atoms with Gasteiger partial charge in [0.1, 0.15) is 5.65 Å². The second-order valence-corrected chi connectivity index (χ2v) is 5.82. The van der Waals surface area contributed by atoms with Crippen LogP contribution in [0.2, 0.25) is 0 Å². The lowest BCUT2D eigenvalue weighted by Gasteiger charge is -2.23. The van der Waals surface area contributed by atoms with E-state index in [1.54, 1.807) is 7.05 Å². The van der Waals surface area contributed by atoms with Gasteiger partial charge in [-0.2, -0.15) is 0 Å². The second kappa shape index (κ2) is 8.46. The maximum absolute atomic E-state index is 12.3. The molecule has 1 aliphatic rings. The molecular formula is C15H21Cl2N5O3. The van der Waals surface area contributed by atoms with Gasteiger partial charge in [-0.25, -0.2) is 9.78 Å². The normalized spacial score (nSPS) is 16.6. The lowest BCUT2D eigenvalue weighted by atomic mass is 10.1. The number of halogens is 2. The molecule has 2 aromatic rings. The van der Waals surface area contributed by atoms with E-state index in [-0.39, 0.29) is 47.8 Å². The quantitative estimate of drug-likeness (QED) is 0.750. The molecule has 3 rings (SSSR count). The molecule has 0 saturated carbocycles. The molecule has 3 heterocycles. The van der Waals surface area contributed by atoms with E-state index in [0.717, 1.165) is 30.5 Å². The van der Waals surface area contributed by atoms with Crippen molar-refractivity contribution in [3.05, 3.63) is 38.7 Å². The van der Waals surface area contributed by atoms with Crippen molar-refractivity contribution in [2.24, 2.45) is 14.1 Å². The maximum atomic E-state index is 12.3. The number of fused-ring (bicyclic) bond motifs is 1. The first-order valence-corrected chi connectivity index (χ1v) is 7.56. The fourth-order valence-electron chi connectivity index (χ4n) is 2.83. The highest BCUT2D eigenvalue weighted by atomic mass is 35.5. The van der Waals surface area contributed by atoms with Gasteiger partial charge in [-0.1, -0.05) is 0 Å². The minimum atomic E-state index is -0.454. The number of nitrogens with zero attached hydrogens (tertiary/aromatic N) is 3. The van der Waals surface area contributed by atoms with Gasteiger partial charge in [0.15, 0.2) is 0 Å². The van der Waals surface area contributed by atoms with E-state index in [1.807, 2.05) is 0 Å². The molecule has 0 bridgehead atoms. The highest BCUT2D eigenvalue weighted by Crippen LogP contribution is 2.09. The summed E-state index contributed by atoms with van der Waals surface area (Å²) in [6.45, 7) is 1.71. The lowest BCUT2D eigenvalue weighted by molar-refractivity contribution is 0.0930. The van der Waals surface area contributed by atoms with E-state index in [0.29, 0.717) is 5.56 Å². The standard InChI is InChI=1S/C15H19N5O3.2ClH/c1-19-12-11(14(22)20(2)15(19)23)6-9(7-17-12)13(21)18-10-4-3-5-16-8-10;;/h6-7,10,16H,3-5,8H2,1-2H3,(H,18,21);2*1H/t10-;;/m0../s1. The molecule has 1 atom stereocenters. The fraction of sp³-hybridized carbons (Fsp3) is 0.467. The summed E-state index contributed by atoms with van der Waals surface area (Å²) >= 11 is 0. The molecule has 0 unspecified atom stereocenters. The third-order valence-corrected chi connectivity index (χ3v) is 4.19. The predicted molar refractivity (Wildman–Crippen MR) is 100 cm³/mol. The van der Waals surface area contributed by atoms with Crippen LogP contribution in [0, 0.1) is 0 Å². The Morgan fingerprint density at radius 2 is 2.00 bits per heavy atom. The van der Waals surface area contributed by atoms with E-state index < -0.39 is 11.2 Å². The van der Waals surface area contributed by atoms with Crippen molar-refractivity contribution >= 4 is 41.8 Å². The first-order valence-electron chi connectivity index (χ1n) is 7.56. The number of amides is 1. The van der Waals surface area contributed by atoms with Crippen LogP contribution in [0.4, 0.5) is 0 Å². The van der Waals surface area contributed by atoms with Crippen LogP contribution < -0.4 is 21.9 Å². The van der Waals surface area contributed by atoms with E-state index in [4.69, 9.17) is 0 Å². The molecule has 1 aliphatic heterocycles. The Kier molecular flexibility index (Phi) is 7.16. The minimum Gasteiger partial charge on any atom is -0.348 e. The van der Waals surface area contributed by atoms with Crippen molar-refractivity contribution in [3.8, 4) is 0 Å². The Labute approximate surface area is 156 Å². The summed E-state index contributed by atoms with van der Waals surface area (Å²) in [5.74, 6) is -0.260. The SMILES string of the molecule is Cl.Cl.Cn1c(=O)c2cc(C(=O)N[C@H]3CCCNC3)cnc2n(C)c1=O. The summed E-state index contributed by atoms with van der Waals surface area (Å²) in [6.07, 6.45) is 3.34. The van der Waals surface area contributed by atoms with E-state index in [1.165, 1.54) is 23.9 Å². The van der Waals surface area contributed by atoms with Gasteiger partial charge < -0.3 is 10.6 Å². The highest BCUT2D eigenvalue weighted by molar-refractivity contribution is 5.96. The molecule has 1 saturated heterocycles. The maximum Gasteiger partial charge on any atom is 0.332 e. The number of aryl methyl sites for hydroxylation is 1. The zero-order chi connectivity index (χ0) is 16.6. The average Bonchev–Trinajstić information content (AvgIpc) is 2.58. The van der Waals surface area contributed by atoms with Gasteiger partial charge >= 0.3 is 5.69 Å². The Morgan fingerprint density at radius 1 is 1.28 bits per heavy atom. The molecule has 0 radical (unpaired) electrons. The average molecular weight is 390 g/mol. The molecule has 0 spiro atoms. The van der Waals surface area contributed by atoms with Crippen LogP contribution in [-0.2, 0) is 14.1 Å². The third-order valence-electron chi connectivity index (χ3n) is 4.19. The van der Waals surface area contributed by atoms with Gasteiger partial charge in [0.2, 0.25) is 0 Å². The van der Waals surface area contributed by atoms with Crippen molar-refractivity contribution in [2.45, 2.75) is 18.9 Å². The summed E-state index contributed by atoms with van der Waals surface area (Å²) in [6, 6.07) is 1.57. The molecule has 0 aliphatic carbocycles. The monoisotopic (exact) mass is 389 g/mol. The molecule has 1 amide bonds. The van der Waals surface area contributed by atoms with Gasteiger partial charge in [-0.15, -0.1) is 24.8 Å². The number of carbonyl (C=O) groups is 1. The number of pyridine rings is 1. The van der Waals surface area contributed by atoms with Crippen molar-refractivity contribution < 1.29 is 4.79 Å². The number of rotatable bonds is 2. The predicted octanol–water partition coefficient (Wildman–Crippen LogP) is -0.0424. The number of piperidine rings is 1. The summed E-state index contributed by atoms with van der Waals surface area (Å²) in [4.78, 5) is 40.6. The van der Waals surface area contributed by atoms with Crippen LogP contribution in [0.15, 0.2) is 21.9 Å². The number of hydrogen-bond acceptors (Lipinski definition) is 5. The van der Waals surface area contributed by atoms with Crippen LogP contribution in [0.1, 0.15) is 23.2 Å². The lowest BCUT2D eigenvalue weighted by Crippen LogP contribution is -2.45. The van der Waals surface area contributed by atoms with Crippen LogP contribution in [0.5, 0.6) is 0 Å². The molecule has 0 aromatic carbocycles. The van der Waals surface area contributed by atoms with Gasteiger partial charge in [-0.3, -0.25) is 18.7 Å². The van der Waals surface area contributed by atoms with Crippen molar-refractivity contribution in [3.63, 3.8) is 0 Å². The first-order chi connectivity index (χ1) is 11.0. The Balaban J connectivity index is 0.00000156. The number of aromatic nitrogens is 3. The molecule has 2 aromatic heterocycles. The van der Waals surface area contributed by atoms with Crippen LogP contribution in [0.25, 0.3) is 11.0 Å². The van der Waals surface area contributed by atoms with Crippen molar-refractivity contribution in [1.82, 2.24) is 24.8 Å².